The second-order valence-corrected chi connectivity index (χ2v) is 15.6. The summed E-state index contributed by atoms with van der Waals surface area (Å²) in [6.45, 7) is 6.66. The Kier molecular flexibility index (Phi) is 12.2. The molecular weight excluding hydrogens is 667 g/mol. The molecule has 3 rings (SSSR count). The second kappa shape index (κ2) is 14.6. The summed E-state index contributed by atoms with van der Waals surface area (Å²) in [5.41, 5.74) is -0.472. The minimum absolute atomic E-state index is 0.179. The number of amides is 1. The van der Waals surface area contributed by atoms with Crippen molar-refractivity contribution >= 4 is 40.5 Å². The molecule has 1 aliphatic rings. The predicted octanol–water partition coefficient (Wildman–Crippen LogP) is 0.671. The first-order valence-electron chi connectivity index (χ1n) is 13.5. The highest BCUT2D eigenvalue weighted by molar-refractivity contribution is 7.61. The number of aromatic nitrogens is 4. The van der Waals surface area contributed by atoms with Crippen molar-refractivity contribution in [2.75, 3.05) is 19.8 Å². The van der Waals surface area contributed by atoms with Gasteiger partial charge in [-0.25, -0.2) is 28.6 Å². The number of carbonyl (C=O) groups is 1. The molecule has 256 valence electrons. The summed E-state index contributed by atoms with van der Waals surface area (Å²) >= 11 is 0. The third-order valence-electron chi connectivity index (χ3n) is 6.60. The van der Waals surface area contributed by atoms with Crippen LogP contribution in [0.5, 0.6) is 0 Å². The zero-order valence-corrected chi connectivity index (χ0v) is 27.6. The van der Waals surface area contributed by atoms with Gasteiger partial charge in [-0.05, 0) is 19.3 Å². The first-order chi connectivity index (χ1) is 20.6. The van der Waals surface area contributed by atoms with Gasteiger partial charge in [-0.2, -0.15) is 4.31 Å². The van der Waals surface area contributed by atoms with E-state index in [-0.39, 0.29) is 12.2 Å². The first-order valence-corrected chi connectivity index (χ1v) is 18.0. The van der Waals surface area contributed by atoms with E-state index in [2.05, 4.69) is 29.1 Å². The highest BCUT2D eigenvalue weighted by Crippen LogP contribution is 2.61. The van der Waals surface area contributed by atoms with Gasteiger partial charge < -0.3 is 39.8 Å². The van der Waals surface area contributed by atoms with Gasteiger partial charge in [-0.3, -0.25) is 22.9 Å². The molecule has 7 N–H and O–H groups in total. The Morgan fingerprint density at radius 1 is 1.11 bits per heavy atom. The van der Waals surface area contributed by atoms with Crippen molar-refractivity contribution in [2.24, 2.45) is 11.3 Å². The van der Waals surface area contributed by atoms with Gasteiger partial charge in [0, 0.05) is 12.0 Å². The number of hydrogen-bond donors (Lipinski definition) is 7. The SMILES string of the molecule is Cc1ncnc2c1ncn2C1OC(COP(=O)(O)OP(=O)(O)OCC(C)(C)C(O)C(=O)NCCC(C)C)C(OP(=O)(O)O)C1O. The van der Waals surface area contributed by atoms with Crippen LogP contribution in [0.1, 0.15) is 46.0 Å². The highest BCUT2D eigenvalue weighted by atomic mass is 31.3. The molecule has 1 amide bonds. The molecule has 0 spiro atoms. The van der Waals surface area contributed by atoms with Crippen LogP contribution < -0.4 is 5.32 Å². The minimum Gasteiger partial charge on any atom is -0.386 e. The second-order valence-electron chi connectivity index (χ2n) is 11.4. The smallest absolute Gasteiger partial charge is 0.386 e. The van der Waals surface area contributed by atoms with Gasteiger partial charge in [0.15, 0.2) is 11.9 Å². The summed E-state index contributed by atoms with van der Waals surface area (Å²) in [5, 5.41) is 23.8. The molecule has 45 heavy (non-hydrogen) atoms. The summed E-state index contributed by atoms with van der Waals surface area (Å²) < 4.78 is 61.9. The standard InChI is InChI=1S/C22H38N5O15P3/c1-12(2)6-7-23-20(30)18(29)22(4,5)9-39-45(36,37)42-44(34,35)38-8-14-17(41-43(31,32)33)16(28)21(40-14)27-11-26-15-13(3)24-10-25-19(15)27/h10-12,14,16-18,21,28-29H,6-9H2,1-5H3,(H,23,30)(H,34,35)(H,36,37)(H2,31,32,33). The Morgan fingerprint density at radius 3 is 2.38 bits per heavy atom. The average Bonchev–Trinajstić information content (AvgIpc) is 3.46. The van der Waals surface area contributed by atoms with E-state index in [4.69, 9.17) is 13.8 Å². The largest absolute Gasteiger partial charge is 0.481 e. The van der Waals surface area contributed by atoms with Crippen molar-refractivity contribution in [3.8, 4) is 0 Å². The van der Waals surface area contributed by atoms with Crippen LogP contribution >= 0.6 is 23.5 Å². The molecule has 0 aliphatic carbocycles. The van der Waals surface area contributed by atoms with Crippen LogP contribution in [0.25, 0.3) is 11.2 Å². The van der Waals surface area contributed by atoms with Crippen LogP contribution in [0.2, 0.25) is 0 Å². The monoisotopic (exact) mass is 705 g/mol. The molecule has 7 unspecified atom stereocenters. The molecular formula is C22H38N5O15P3. The number of rotatable bonds is 16. The predicted molar refractivity (Wildman–Crippen MR) is 152 cm³/mol. The zero-order valence-electron chi connectivity index (χ0n) is 24.9. The molecule has 1 aliphatic heterocycles. The molecule has 3 heterocycles. The fourth-order valence-corrected chi connectivity index (χ4v) is 6.96. The third-order valence-corrected chi connectivity index (χ3v) is 9.70. The molecule has 2 aromatic rings. The maximum absolute atomic E-state index is 12.6. The zero-order chi connectivity index (χ0) is 34.0. The minimum atomic E-state index is -5.47. The van der Waals surface area contributed by atoms with Crippen LogP contribution in [0, 0.1) is 18.3 Å². The van der Waals surface area contributed by atoms with Gasteiger partial charge in [-0.15, -0.1) is 0 Å². The van der Waals surface area contributed by atoms with Gasteiger partial charge >= 0.3 is 23.5 Å². The summed E-state index contributed by atoms with van der Waals surface area (Å²) in [5.74, 6) is -0.468. The van der Waals surface area contributed by atoms with Crippen molar-refractivity contribution < 1.29 is 70.9 Å². The maximum atomic E-state index is 12.6. The van der Waals surface area contributed by atoms with Crippen LogP contribution in [0.15, 0.2) is 12.7 Å². The molecule has 7 atom stereocenters. The normalized spacial score (nSPS) is 24.4. The van der Waals surface area contributed by atoms with Gasteiger partial charge in [0.1, 0.15) is 36.3 Å². The topological polar surface area (TPSA) is 291 Å². The molecule has 2 aromatic heterocycles. The Labute approximate surface area is 257 Å². The molecule has 0 saturated carbocycles. The number of aliphatic hydroxyl groups is 2. The van der Waals surface area contributed by atoms with Crippen molar-refractivity contribution in [3.05, 3.63) is 18.3 Å². The van der Waals surface area contributed by atoms with Crippen LogP contribution in [-0.2, 0) is 41.1 Å². The molecule has 1 fully saturated rings. The summed E-state index contributed by atoms with van der Waals surface area (Å²) in [6, 6.07) is 0. The van der Waals surface area contributed by atoms with Gasteiger partial charge in [0.25, 0.3) is 0 Å². The molecule has 23 heteroatoms. The Hall–Kier alpha value is -1.73. The lowest BCUT2D eigenvalue weighted by Crippen LogP contribution is -2.46. The number of hydrogen-bond acceptors (Lipinski definition) is 14. The fourth-order valence-electron chi connectivity index (χ4n) is 4.14. The number of imidazole rings is 1. The van der Waals surface area contributed by atoms with Gasteiger partial charge in [0.2, 0.25) is 5.91 Å². The number of nitrogens with zero attached hydrogens (tertiary/aromatic N) is 4. The number of phosphoric acid groups is 3. The van der Waals surface area contributed by atoms with Crippen molar-refractivity contribution in [2.45, 2.75) is 71.7 Å². The lowest BCUT2D eigenvalue weighted by atomic mass is 9.87. The van der Waals surface area contributed by atoms with Gasteiger partial charge in [0.05, 0.1) is 25.2 Å². The maximum Gasteiger partial charge on any atom is 0.481 e. The lowest BCUT2D eigenvalue weighted by Gasteiger charge is -2.30. The number of aliphatic hydroxyl groups excluding tert-OH is 2. The molecule has 0 radical (unpaired) electrons. The number of phosphoric ester groups is 3. The summed E-state index contributed by atoms with van der Waals surface area (Å²) in [6.07, 6.45) is -5.35. The van der Waals surface area contributed by atoms with Crippen molar-refractivity contribution in [1.82, 2.24) is 24.8 Å². The molecule has 20 nitrogen and oxygen atoms in total. The van der Waals surface area contributed by atoms with E-state index < -0.39 is 78.6 Å². The number of ether oxygens (including phenoxy) is 1. The van der Waals surface area contributed by atoms with E-state index in [0.717, 1.165) is 0 Å². The fraction of sp³-hybridized carbons (Fsp3) is 0.727. The van der Waals surface area contributed by atoms with Crippen LogP contribution in [-0.4, -0.2) is 99.4 Å². The van der Waals surface area contributed by atoms with Crippen LogP contribution in [0.4, 0.5) is 0 Å². The third kappa shape index (κ3) is 10.4. The molecule has 0 aromatic carbocycles. The lowest BCUT2D eigenvalue weighted by molar-refractivity contribution is -0.136. The Morgan fingerprint density at radius 2 is 1.76 bits per heavy atom. The number of aryl methyl sites for hydroxylation is 1. The summed E-state index contributed by atoms with van der Waals surface area (Å²) in [4.78, 5) is 63.4. The quantitative estimate of drug-likeness (QED) is 0.118. The Bertz CT molecular complexity index is 1480. The number of carbonyl (C=O) groups excluding carboxylic acids is 1. The first kappa shape index (κ1) is 37.7. The van der Waals surface area contributed by atoms with E-state index in [0.29, 0.717) is 23.5 Å². The average molecular weight is 705 g/mol. The van der Waals surface area contributed by atoms with E-state index in [9.17, 15) is 48.3 Å². The summed E-state index contributed by atoms with van der Waals surface area (Å²) in [7, 11) is -16.1. The van der Waals surface area contributed by atoms with Crippen LogP contribution in [0.3, 0.4) is 0 Å². The number of fused-ring (bicyclic) bond motifs is 1. The van der Waals surface area contributed by atoms with E-state index in [1.807, 2.05) is 13.8 Å². The van der Waals surface area contributed by atoms with E-state index >= 15 is 0 Å². The Balaban J connectivity index is 1.66. The van der Waals surface area contributed by atoms with Gasteiger partial charge in [-0.1, -0.05) is 27.7 Å². The van der Waals surface area contributed by atoms with E-state index in [1.54, 1.807) is 6.92 Å². The number of nitrogens with one attached hydrogen (secondary N) is 1. The molecule has 0 bridgehead atoms. The highest BCUT2D eigenvalue weighted by Gasteiger charge is 2.50. The van der Waals surface area contributed by atoms with Crippen molar-refractivity contribution in [1.29, 1.82) is 0 Å². The van der Waals surface area contributed by atoms with E-state index in [1.165, 1.54) is 31.1 Å². The van der Waals surface area contributed by atoms with Crippen molar-refractivity contribution in [3.63, 3.8) is 0 Å². The molecule has 1 saturated heterocycles.